The number of halogens is 1. The molecule has 0 saturated heterocycles. The van der Waals surface area contributed by atoms with Crippen LogP contribution in [0.1, 0.15) is 27.4 Å². The van der Waals surface area contributed by atoms with Crippen molar-refractivity contribution in [3.05, 3.63) is 51.4 Å². The molecule has 0 aliphatic heterocycles. The highest BCUT2D eigenvalue weighted by Gasteiger charge is 2.13. The van der Waals surface area contributed by atoms with Crippen LogP contribution in [-0.4, -0.2) is 11.1 Å². The largest absolute Gasteiger partial charge is 0.478 e. The van der Waals surface area contributed by atoms with E-state index in [4.69, 9.17) is 14.8 Å². The minimum atomic E-state index is -1.00. The Morgan fingerprint density at radius 1 is 1.50 bits per heavy atom. The third-order valence-corrected chi connectivity index (χ3v) is 3.41. The Morgan fingerprint density at radius 3 is 2.80 bits per heavy atom. The van der Waals surface area contributed by atoms with Crippen molar-refractivity contribution in [3.8, 4) is 6.07 Å². The van der Waals surface area contributed by atoms with Crippen LogP contribution in [0.3, 0.4) is 0 Å². The van der Waals surface area contributed by atoms with Gasteiger partial charge in [0.2, 0.25) is 0 Å². The topological polar surface area (TPSA) is 86.3 Å². The van der Waals surface area contributed by atoms with Gasteiger partial charge in [0, 0.05) is 10.2 Å². The van der Waals surface area contributed by atoms with Crippen LogP contribution < -0.4 is 5.32 Å². The second kappa shape index (κ2) is 5.80. The lowest BCUT2D eigenvalue weighted by Crippen LogP contribution is -1.99. The first-order chi connectivity index (χ1) is 9.51. The number of anilines is 1. The number of benzene rings is 1. The molecule has 6 heteroatoms. The fraction of sp³-hybridized carbons (Fsp3) is 0.143. The Kier molecular flexibility index (Phi) is 4.11. The summed E-state index contributed by atoms with van der Waals surface area (Å²) in [6, 6.07) is 8.82. The Morgan fingerprint density at radius 2 is 2.25 bits per heavy atom. The quantitative estimate of drug-likeness (QED) is 0.893. The molecule has 1 aromatic heterocycles. The Balaban J connectivity index is 2.09. The summed E-state index contributed by atoms with van der Waals surface area (Å²) in [5, 5.41) is 20.9. The predicted octanol–water partition coefficient (Wildman–Crippen LogP) is 3.53. The molecule has 1 heterocycles. The maximum atomic E-state index is 10.9. The number of nitrogens with one attached hydrogen (secondary N) is 1. The molecule has 0 radical (unpaired) electrons. The highest BCUT2D eigenvalue weighted by Crippen LogP contribution is 2.22. The number of nitrogens with zero attached hydrogens (tertiary/aromatic N) is 1. The zero-order chi connectivity index (χ0) is 14.7. The van der Waals surface area contributed by atoms with Crippen LogP contribution in [0.4, 0.5) is 5.69 Å². The van der Waals surface area contributed by atoms with Gasteiger partial charge in [0.05, 0.1) is 12.1 Å². The number of rotatable bonds is 4. The van der Waals surface area contributed by atoms with Crippen LogP contribution in [0.15, 0.2) is 33.2 Å². The van der Waals surface area contributed by atoms with Gasteiger partial charge in [0.25, 0.3) is 0 Å². The SMILES string of the molecule is Cc1oc(CNc2ccc(C#N)c(Br)c2)cc1C(=O)O. The number of carboxylic acid groups (broad SMARTS) is 1. The molecule has 0 aliphatic carbocycles. The summed E-state index contributed by atoms with van der Waals surface area (Å²) in [4.78, 5) is 10.9. The fourth-order valence-corrected chi connectivity index (χ4v) is 2.22. The number of nitriles is 1. The Bertz CT molecular complexity index is 701. The maximum Gasteiger partial charge on any atom is 0.339 e. The molecule has 0 atom stereocenters. The van der Waals surface area contributed by atoms with Crippen LogP contribution in [0.5, 0.6) is 0 Å². The van der Waals surface area contributed by atoms with Crippen LogP contribution >= 0.6 is 15.9 Å². The van der Waals surface area contributed by atoms with Crippen LogP contribution in [0.25, 0.3) is 0 Å². The molecule has 0 saturated carbocycles. The van der Waals surface area contributed by atoms with E-state index in [2.05, 4.69) is 27.3 Å². The van der Waals surface area contributed by atoms with Crippen LogP contribution in [-0.2, 0) is 6.54 Å². The molecule has 5 nitrogen and oxygen atoms in total. The van der Waals surface area contributed by atoms with Crippen LogP contribution in [0, 0.1) is 18.3 Å². The number of carbonyl (C=O) groups is 1. The zero-order valence-electron chi connectivity index (χ0n) is 10.6. The smallest absolute Gasteiger partial charge is 0.339 e. The summed E-state index contributed by atoms with van der Waals surface area (Å²) in [5.74, 6) is -0.0747. The van der Waals surface area contributed by atoms with E-state index in [0.717, 1.165) is 5.69 Å². The second-order valence-electron chi connectivity index (χ2n) is 4.15. The van der Waals surface area contributed by atoms with Crippen molar-refractivity contribution in [3.63, 3.8) is 0 Å². The average Bonchev–Trinajstić information content (AvgIpc) is 2.78. The molecule has 0 fully saturated rings. The van der Waals surface area contributed by atoms with Gasteiger partial charge in [0.1, 0.15) is 23.2 Å². The summed E-state index contributed by atoms with van der Waals surface area (Å²) >= 11 is 3.30. The van der Waals surface area contributed by atoms with Gasteiger partial charge in [-0.2, -0.15) is 5.26 Å². The summed E-state index contributed by atoms with van der Waals surface area (Å²) < 4.78 is 6.07. The van der Waals surface area contributed by atoms with Gasteiger partial charge in [-0.3, -0.25) is 0 Å². The Hall–Kier alpha value is -2.26. The van der Waals surface area contributed by atoms with Crippen molar-refractivity contribution in [1.29, 1.82) is 5.26 Å². The van der Waals surface area contributed by atoms with Crippen molar-refractivity contribution in [2.24, 2.45) is 0 Å². The van der Waals surface area contributed by atoms with Crippen molar-refractivity contribution in [2.45, 2.75) is 13.5 Å². The molecule has 0 spiro atoms. The van der Waals surface area contributed by atoms with Gasteiger partial charge in [-0.25, -0.2) is 4.79 Å². The molecule has 2 rings (SSSR count). The fourth-order valence-electron chi connectivity index (χ4n) is 1.75. The predicted molar refractivity (Wildman–Crippen MR) is 76.6 cm³/mol. The van der Waals surface area contributed by atoms with E-state index in [1.807, 2.05) is 0 Å². The minimum absolute atomic E-state index is 0.169. The lowest BCUT2D eigenvalue weighted by atomic mass is 10.2. The molecular formula is C14H11BrN2O3. The molecule has 0 aliphatic rings. The summed E-state index contributed by atoms with van der Waals surface area (Å²) in [5.41, 5.74) is 1.53. The first kappa shape index (κ1) is 14.2. The van der Waals surface area contributed by atoms with E-state index in [1.165, 1.54) is 6.07 Å². The van der Waals surface area contributed by atoms with E-state index >= 15 is 0 Å². The van der Waals surface area contributed by atoms with E-state index < -0.39 is 5.97 Å². The number of furan rings is 1. The molecule has 2 aromatic rings. The van der Waals surface area contributed by atoms with Gasteiger partial charge in [-0.1, -0.05) is 0 Å². The van der Waals surface area contributed by atoms with Crippen LogP contribution in [0.2, 0.25) is 0 Å². The Labute approximate surface area is 124 Å². The van der Waals surface area contributed by atoms with Gasteiger partial charge >= 0.3 is 5.97 Å². The maximum absolute atomic E-state index is 10.9. The molecule has 0 amide bonds. The minimum Gasteiger partial charge on any atom is -0.478 e. The summed E-state index contributed by atoms with van der Waals surface area (Å²) in [6.07, 6.45) is 0. The monoisotopic (exact) mass is 334 g/mol. The molecule has 2 N–H and O–H groups in total. The third kappa shape index (κ3) is 3.00. The van der Waals surface area contributed by atoms with Crippen molar-refractivity contribution < 1.29 is 14.3 Å². The molecule has 0 bridgehead atoms. The van der Waals surface area contributed by atoms with E-state index in [9.17, 15) is 4.79 Å². The number of carboxylic acids is 1. The van der Waals surface area contributed by atoms with Gasteiger partial charge in [0.15, 0.2) is 0 Å². The summed E-state index contributed by atoms with van der Waals surface area (Å²) in [6.45, 7) is 1.98. The average molecular weight is 335 g/mol. The number of aryl methyl sites for hydroxylation is 1. The van der Waals surface area contributed by atoms with Crippen molar-refractivity contribution in [2.75, 3.05) is 5.32 Å². The second-order valence-corrected chi connectivity index (χ2v) is 5.00. The molecule has 20 heavy (non-hydrogen) atoms. The van der Waals surface area contributed by atoms with Gasteiger partial charge in [-0.05, 0) is 47.1 Å². The van der Waals surface area contributed by atoms with E-state index in [1.54, 1.807) is 25.1 Å². The third-order valence-electron chi connectivity index (χ3n) is 2.76. The highest BCUT2D eigenvalue weighted by molar-refractivity contribution is 9.10. The number of hydrogen-bond acceptors (Lipinski definition) is 4. The lowest BCUT2D eigenvalue weighted by Gasteiger charge is -2.05. The molecule has 1 aromatic carbocycles. The lowest BCUT2D eigenvalue weighted by molar-refractivity contribution is 0.0695. The standard InChI is InChI=1S/C14H11BrN2O3/c1-8-12(14(18)19)5-11(20-8)7-17-10-3-2-9(6-16)13(15)4-10/h2-5,17H,7H2,1H3,(H,18,19). The number of hydrogen-bond donors (Lipinski definition) is 2. The first-order valence-electron chi connectivity index (χ1n) is 5.77. The molecule has 0 unspecified atom stereocenters. The van der Waals surface area contributed by atoms with Gasteiger partial charge < -0.3 is 14.8 Å². The molecular weight excluding hydrogens is 324 g/mol. The van der Waals surface area contributed by atoms with E-state index in [0.29, 0.717) is 28.1 Å². The first-order valence-corrected chi connectivity index (χ1v) is 6.56. The molecule has 102 valence electrons. The van der Waals surface area contributed by atoms with E-state index in [-0.39, 0.29) is 5.56 Å². The normalized spacial score (nSPS) is 10.1. The van der Waals surface area contributed by atoms with Gasteiger partial charge in [-0.15, -0.1) is 0 Å². The van der Waals surface area contributed by atoms with Crippen molar-refractivity contribution >= 4 is 27.6 Å². The summed E-state index contributed by atoms with van der Waals surface area (Å²) in [7, 11) is 0. The highest BCUT2D eigenvalue weighted by atomic mass is 79.9. The number of aromatic carboxylic acids is 1. The zero-order valence-corrected chi connectivity index (χ0v) is 12.2. The van der Waals surface area contributed by atoms with Crippen molar-refractivity contribution in [1.82, 2.24) is 0 Å².